The molecule has 0 saturated carbocycles. The normalized spacial score (nSPS) is 15.3. The van der Waals surface area contributed by atoms with Crippen molar-refractivity contribution in [3.8, 4) is 11.5 Å². The van der Waals surface area contributed by atoms with Gasteiger partial charge in [-0.25, -0.2) is 4.99 Å². The molecule has 1 aromatic rings. The van der Waals surface area contributed by atoms with Gasteiger partial charge in [-0.05, 0) is 52.9 Å². The molecule has 0 bridgehead atoms. The fourth-order valence-electron chi connectivity index (χ4n) is 3.35. The van der Waals surface area contributed by atoms with Gasteiger partial charge in [0, 0.05) is 36.3 Å². The van der Waals surface area contributed by atoms with Crippen molar-refractivity contribution >= 4 is 17.6 Å². The van der Waals surface area contributed by atoms with E-state index in [2.05, 4.69) is 46.6 Å². The number of hydrogen-bond acceptors (Lipinski definition) is 5. The fourth-order valence-corrected chi connectivity index (χ4v) is 3.35. The summed E-state index contributed by atoms with van der Waals surface area (Å²) in [6, 6.07) is 6.05. The predicted octanol–water partition coefficient (Wildman–Crippen LogP) is 2.85. The predicted molar refractivity (Wildman–Crippen MR) is 126 cm³/mol. The number of guanidine groups is 1. The third kappa shape index (κ3) is 8.65. The van der Waals surface area contributed by atoms with Gasteiger partial charge in [0.05, 0.1) is 13.2 Å². The Hall–Kier alpha value is -2.48. The quantitative estimate of drug-likeness (QED) is 0.432. The van der Waals surface area contributed by atoms with E-state index >= 15 is 0 Å². The van der Waals surface area contributed by atoms with Crippen LogP contribution in [0.1, 0.15) is 48.0 Å². The van der Waals surface area contributed by atoms with Crippen molar-refractivity contribution in [1.29, 1.82) is 0 Å². The van der Waals surface area contributed by atoms with Crippen molar-refractivity contribution in [2.45, 2.75) is 59.5 Å². The van der Waals surface area contributed by atoms with Gasteiger partial charge in [-0.2, -0.15) is 0 Å². The minimum atomic E-state index is -0.292. The SMILES string of the molecule is CCN(CC)C(C)CNC(=NCC(=O)NC(C)(C)C)Nc1ccc2c(c1)OCCCO2. The zero-order valence-corrected chi connectivity index (χ0v) is 19.9. The molecule has 3 N–H and O–H groups in total. The Bertz CT molecular complexity index is 741. The number of nitrogens with one attached hydrogen (secondary N) is 3. The lowest BCUT2D eigenvalue weighted by Crippen LogP contribution is -2.45. The van der Waals surface area contributed by atoms with Crippen LogP contribution in [0.4, 0.5) is 5.69 Å². The van der Waals surface area contributed by atoms with E-state index in [1.807, 2.05) is 39.0 Å². The van der Waals surface area contributed by atoms with E-state index in [1.54, 1.807) is 0 Å². The lowest BCUT2D eigenvalue weighted by atomic mass is 10.1. The third-order valence-electron chi connectivity index (χ3n) is 4.91. The number of amides is 1. The number of ether oxygens (including phenoxy) is 2. The topological polar surface area (TPSA) is 87.2 Å². The molecule has 8 heteroatoms. The van der Waals surface area contributed by atoms with Gasteiger partial charge in [0.1, 0.15) is 6.54 Å². The number of fused-ring (bicyclic) bond motifs is 1. The number of nitrogens with zero attached hydrogens (tertiary/aromatic N) is 2. The first kappa shape index (κ1) is 24.8. The van der Waals surface area contributed by atoms with Crippen molar-refractivity contribution in [3.63, 3.8) is 0 Å². The number of anilines is 1. The highest BCUT2D eigenvalue weighted by Crippen LogP contribution is 2.32. The Labute approximate surface area is 186 Å². The maximum absolute atomic E-state index is 12.3. The average molecular weight is 434 g/mol. The van der Waals surface area contributed by atoms with E-state index < -0.39 is 0 Å². The summed E-state index contributed by atoms with van der Waals surface area (Å²) in [5.41, 5.74) is 0.529. The van der Waals surface area contributed by atoms with Crippen LogP contribution in [0, 0.1) is 0 Å². The second-order valence-corrected chi connectivity index (χ2v) is 8.75. The Morgan fingerprint density at radius 1 is 1.16 bits per heavy atom. The van der Waals surface area contributed by atoms with Crippen LogP contribution >= 0.6 is 0 Å². The largest absolute Gasteiger partial charge is 0.490 e. The van der Waals surface area contributed by atoms with Gasteiger partial charge < -0.3 is 25.4 Å². The first-order valence-electron chi connectivity index (χ1n) is 11.2. The Kier molecular flexibility index (Phi) is 9.43. The maximum atomic E-state index is 12.3. The van der Waals surface area contributed by atoms with Gasteiger partial charge in [0.25, 0.3) is 0 Å². The van der Waals surface area contributed by atoms with Gasteiger partial charge in [-0.1, -0.05) is 13.8 Å². The number of carbonyl (C=O) groups is 1. The Morgan fingerprint density at radius 3 is 2.48 bits per heavy atom. The molecule has 1 aromatic carbocycles. The van der Waals surface area contributed by atoms with E-state index in [0.717, 1.165) is 30.9 Å². The second kappa shape index (κ2) is 11.8. The lowest BCUT2D eigenvalue weighted by molar-refractivity contribution is -0.121. The molecule has 2 rings (SSSR count). The lowest BCUT2D eigenvalue weighted by Gasteiger charge is -2.27. The number of hydrogen-bond donors (Lipinski definition) is 3. The van der Waals surface area contributed by atoms with Gasteiger partial charge in [-0.15, -0.1) is 0 Å². The second-order valence-electron chi connectivity index (χ2n) is 8.75. The number of aliphatic imine (C=N–C) groups is 1. The molecule has 0 spiro atoms. The Morgan fingerprint density at radius 2 is 1.84 bits per heavy atom. The molecule has 0 aromatic heterocycles. The van der Waals surface area contributed by atoms with E-state index in [9.17, 15) is 4.79 Å². The number of carbonyl (C=O) groups excluding carboxylic acids is 1. The number of likely N-dealkylation sites (N-methyl/N-ethyl adjacent to an activating group) is 1. The zero-order chi connectivity index (χ0) is 22.9. The van der Waals surface area contributed by atoms with Crippen LogP contribution in [0.15, 0.2) is 23.2 Å². The molecular weight excluding hydrogens is 394 g/mol. The van der Waals surface area contributed by atoms with E-state index in [1.165, 1.54) is 0 Å². The van der Waals surface area contributed by atoms with Gasteiger partial charge in [0.15, 0.2) is 17.5 Å². The molecule has 1 heterocycles. The molecule has 0 aliphatic carbocycles. The molecule has 1 aliphatic rings. The van der Waals surface area contributed by atoms with Crippen LogP contribution in [0.25, 0.3) is 0 Å². The summed E-state index contributed by atoms with van der Waals surface area (Å²) in [6.07, 6.45) is 0.859. The van der Waals surface area contributed by atoms with Crippen LogP contribution in [-0.4, -0.2) is 67.7 Å². The highest BCUT2D eigenvalue weighted by atomic mass is 16.5. The van der Waals surface area contributed by atoms with Crippen molar-refractivity contribution in [1.82, 2.24) is 15.5 Å². The van der Waals surface area contributed by atoms with Crippen molar-refractivity contribution in [2.24, 2.45) is 4.99 Å². The molecule has 8 nitrogen and oxygen atoms in total. The molecular formula is C23H39N5O3. The highest BCUT2D eigenvalue weighted by molar-refractivity contribution is 5.95. The van der Waals surface area contributed by atoms with E-state index in [0.29, 0.717) is 37.5 Å². The van der Waals surface area contributed by atoms with Crippen LogP contribution < -0.4 is 25.4 Å². The third-order valence-corrected chi connectivity index (χ3v) is 4.91. The fraction of sp³-hybridized carbons (Fsp3) is 0.652. The molecule has 0 radical (unpaired) electrons. The molecule has 0 saturated heterocycles. The van der Waals surface area contributed by atoms with Crippen molar-refractivity contribution in [3.05, 3.63) is 18.2 Å². The monoisotopic (exact) mass is 433 g/mol. The molecule has 0 fully saturated rings. The summed E-state index contributed by atoms with van der Waals surface area (Å²) < 4.78 is 11.5. The summed E-state index contributed by atoms with van der Waals surface area (Å²) in [4.78, 5) is 19.1. The van der Waals surface area contributed by atoms with Gasteiger partial charge >= 0.3 is 0 Å². The van der Waals surface area contributed by atoms with Crippen LogP contribution in [0.2, 0.25) is 0 Å². The number of benzene rings is 1. The molecule has 1 amide bonds. The van der Waals surface area contributed by atoms with Gasteiger partial charge in [0.2, 0.25) is 5.91 Å². The summed E-state index contributed by atoms with van der Waals surface area (Å²) in [5.74, 6) is 1.89. The molecule has 1 atom stereocenters. The molecule has 174 valence electrons. The summed E-state index contributed by atoms with van der Waals surface area (Å²) in [5, 5.41) is 9.62. The molecule has 31 heavy (non-hydrogen) atoms. The van der Waals surface area contributed by atoms with Crippen LogP contribution in [-0.2, 0) is 4.79 Å². The highest BCUT2D eigenvalue weighted by Gasteiger charge is 2.16. The minimum Gasteiger partial charge on any atom is -0.490 e. The van der Waals surface area contributed by atoms with Crippen molar-refractivity contribution in [2.75, 3.05) is 44.7 Å². The summed E-state index contributed by atoms with van der Waals surface area (Å²) in [7, 11) is 0. The van der Waals surface area contributed by atoms with E-state index in [-0.39, 0.29) is 18.0 Å². The van der Waals surface area contributed by atoms with Gasteiger partial charge in [-0.3, -0.25) is 9.69 Å². The minimum absolute atomic E-state index is 0.0385. The smallest absolute Gasteiger partial charge is 0.242 e. The summed E-state index contributed by atoms with van der Waals surface area (Å²) in [6.45, 7) is 16.3. The first-order chi connectivity index (χ1) is 14.7. The maximum Gasteiger partial charge on any atom is 0.242 e. The van der Waals surface area contributed by atoms with E-state index in [4.69, 9.17) is 9.47 Å². The Balaban J connectivity index is 2.11. The van der Waals surface area contributed by atoms with Crippen LogP contribution in [0.3, 0.4) is 0 Å². The van der Waals surface area contributed by atoms with Crippen molar-refractivity contribution < 1.29 is 14.3 Å². The standard InChI is InChI=1S/C23H39N5O3/c1-7-28(8-2)17(3)15-24-22(25-16-21(29)27-23(4,5)6)26-18-10-11-19-20(14-18)31-13-9-12-30-19/h10-11,14,17H,7-9,12-13,15-16H2,1-6H3,(H,27,29)(H2,24,25,26). The number of rotatable bonds is 8. The zero-order valence-electron chi connectivity index (χ0n) is 19.9. The summed E-state index contributed by atoms with van der Waals surface area (Å²) >= 11 is 0. The molecule has 1 unspecified atom stereocenters. The average Bonchev–Trinajstić information content (AvgIpc) is 2.94. The van der Waals surface area contributed by atoms with Crippen LogP contribution in [0.5, 0.6) is 11.5 Å². The first-order valence-corrected chi connectivity index (χ1v) is 11.2. The molecule has 1 aliphatic heterocycles.